The third-order valence-corrected chi connectivity index (χ3v) is 8.07. The third kappa shape index (κ3) is 4.83. The van der Waals surface area contributed by atoms with E-state index < -0.39 is 5.97 Å². The van der Waals surface area contributed by atoms with Crippen molar-refractivity contribution in [1.29, 1.82) is 0 Å². The van der Waals surface area contributed by atoms with Gasteiger partial charge in [0.25, 0.3) is 0 Å². The summed E-state index contributed by atoms with van der Waals surface area (Å²) in [5.74, 6) is 0.695. The summed E-state index contributed by atoms with van der Waals surface area (Å²) >= 11 is 0. The van der Waals surface area contributed by atoms with Gasteiger partial charge in [-0.15, -0.1) is 5.10 Å². The number of hydrogen-bond acceptors (Lipinski definition) is 5. The first kappa shape index (κ1) is 24.4. The molecule has 196 valence electrons. The second kappa shape index (κ2) is 10.1. The zero-order valence-electron chi connectivity index (χ0n) is 21.8. The fraction of sp³-hybridized carbons (Fsp3) is 0.400. The number of aryl methyl sites for hydroxylation is 1. The topological polar surface area (TPSA) is 95.1 Å². The zero-order valence-corrected chi connectivity index (χ0v) is 21.8. The molecule has 2 aliphatic rings. The summed E-state index contributed by atoms with van der Waals surface area (Å²) in [4.78, 5) is 12.1. The van der Waals surface area contributed by atoms with Gasteiger partial charge in [-0.05, 0) is 67.5 Å². The van der Waals surface area contributed by atoms with Crippen LogP contribution in [0.1, 0.15) is 79.0 Å². The first-order valence-electron chi connectivity index (χ1n) is 13.5. The summed E-state index contributed by atoms with van der Waals surface area (Å²) in [7, 11) is 1.84. The molecular weight excluding hydrogens is 478 g/mol. The van der Waals surface area contributed by atoms with Crippen LogP contribution in [0, 0.1) is 5.92 Å². The highest BCUT2D eigenvalue weighted by Gasteiger charge is 2.46. The second-order valence-electron chi connectivity index (χ2n) is 10.7. The average molecular weight is 512 g/mol. The van der Waals surface area contributed by atoms with Gasteiger partial charge in [0.2, 0.25) is 0 Å². The van der Waals surface area contributed by atoms with Crippen molar-refractivity contribution in [2.75, 3.05) is 0 Å². The Bertz CT molecular complexity index is 1450. The molecule has 1 unspecified atom stereocenters. The Hall–Kier alpha value is -3.94. The smallest absolute Gasteiger partial charge is 0.339 e. The van der Waals surface area contributed by atoms with Gasteiger partial charge in [-0.3, -0.25) is 4.68 Å². The molecule has 2 aromatic carbocycles. The van der Waals surface area contributed by atoms with Crippen LogP contribution in [-0.4, -0.2) is 42.0 Å². The predicted molar refractivity (Wildman–Crippen MR) is 144 cm³/mol. The molecule has 0 saturated heterocycles. The van der Waals surface area contributed by atoms with Gasteiger partial charge in [-0.2, -0.15) is 5.10 Å². The lowest BCUT2D eigenvalue weighted by atomic mass is 9.86. The van der Waals surface area contributed by atoms with E-state index >= 15 is 0 Å². The van der Waals surface area contributed by atoms with E-state index in [1.165, 1.54) is 38.3 Å². The SMILES string of the molecule is CC(Oc1cccc(-c2cccc(-n3ncc(C(=O)O)c3[C@@H]3C[C@@H]3c3cn(C)nn3)c2)c1)C1CCCCC1. The molecule has 1 N–H and O–H groups in total. The van der Waals surface area contributed by atoms with Crippen LogP contribution in [0.3, 0.4) is 0 Å². The van der Waals surface area contributed by atoms with Gasteiger partial charge in [-0.25, -0.2) is 9.48 Å². The molecule has 2 fully saturated rings. The van der Waals surface area contributed by atoms with Crippen LogP contribution in [0.25, 0.3) is 16.8 Å². The Morgan fingerprint density at radius 2 is 1.82 bits per heavy atom. The number of carboxylic acid groups (broad SMARTS) is 1. The minimum atomic E-state index is -0.968. The summed E-state index contributed by atoms with van der Waals surface area (Å²) in [6.45, 7) is 2.19. The number of nitrogens with zero attached hydrogens (tertiary/aromatic N) is 5. The van der Waals surface area contributed by atoms with Crippen molar-refractivity contribution in [3.63, 3.8) is 0 Å². The molecule has 0 spiro atoms. The van der Waals surface area contributed by atoms with E-state index in [0.29, 0.717) is 11.6 Å². The summed E-state index contributed by atoms with van der Waals surface area (Å²) in [6.07, 6.45) is 10.8. The maximum absolute atomic E-state index is 12.1. The van der Waals surface area contributed by atoms with Crippen LogP contribution in [0.15, 0.2) is 60.9 Å². The van der Waals surface area contributed by atoms with Gasteiger partial charge in [-0.1, -0.05) is 48.7 Å². The van der Waals surface area contributed by atoms with Gasteiger partial charge in [0.15, 0.2) is 0 Å². The lowest BCUT2D eigenvalue weighted by Gasteiger charge is -2.28. The van der Waals surface area contributed by atoms with E-state index in [1.54, 1.807) is 9.36 Å². The predicted octanol–water partition coefficient (Wildman–Crippen LogP) is 5.98. The van der Waals surface area contributed by atoms with Crippen molar-refractivity contribution in [3.8, 4) is 22.6 Å². The average Bonchev–Trinajstić information content (AvgIpc) is 3.38. The lowest BCUT2D eigenvalue weighted by Crippen LogP contribution is -2.25. The maximum Gasteiger partial charge on any atom is 0.339 e. The first-order valence-corrected chi connectivity index (χ1v) is 13.5. The number of hydrogen-bond donors (Lipinski definition) is 1. The summed E-state index contributed by atoms with van der Waals surface area (Å²) in [5, 5.41) is 22.7. The zero-order chi connectivity index (χ0) is 26.2. The minimum absolute atomic E-state index is 0.0296. The molecule has 6 rings (SSSR count). The Morgan fingerprint density at radius 3 is 2.55 bits per heavy atom. The number of carboxylic acids is 1. The number of benzene rings is 2. The summed E-state index contributed by atoms with van der Waals surface area (Å²) in [5.41, 5.74) is 4.74. The van der Waals surface area contributed by atoms with Crippen molar-refractivity contribution in [3.05, 3.63) is 77.9 Å². The van der Waals surface area contributed by atoms with Crippen LogP contribution in [0.5, 0.6) is 5.75 Å². The van der Waals surface area contributed by atoms with Crippen LogP contribution >= 0.6 is 0 Å². The quantitative estimate of drug-likeness (QED) is 0.312. The minimum Gasteiger partial charge on any atom is -0.490 e. The van der Waals surface area contributed by atoms with Crippen LogP contribution in [0.2, 0.25) is 0 Å². The van der Waals surface area contributed by atoms with E-state index in [0.717, 1.165) is 34.7 Å². The van der Waals surface area contributed by atoms with Gasteiger partial charge in [0, 0.05) is 25.1 Å². The number of aromatic nitrogens is 5. The number of aromatic carboxylic acids is 1. The van der Waals surface area contributed by atoms with Gasteiger partial charge in [0.1, 0.15) is 11.3 Å². The van der Waals surface area contributed by atoms with E-state index in [9.17, 15) is 9.90 Å². The molecule has 2 aliphatic carbocycles. The molecule has 38 heavy (non-hydrogen) atoms. The Balaban J connectivity index is 1.28. The molecule has 0 aliphatic heterocycles. The molecule has 2 heterocycles. The maximum atomic E-state index is 12.1. The highest BCUT2D eigenvalue weighted by atomic mass is 16.5. The van der Waals surface area contributed by atoms with Gasteiger partial charge >= 0.3 is 5.97 Å². The van der Waals surface area contributed by atoms with Crippen LogP contribution in [0.4, 0.5) is 0 Å². The van der Waals surface area contributed by atoms with Crippen LogP contribution in [-0.2, 0) is 7.05 Å². The second-order valence-corrected chi connectivity index (χ2v) is 10.7. The Labute approximate surface area is 222 Å². The van der Waals surface area contributed by atoms with Gasteiger partial charge < -0.3 is 9.84 Å². The third-order valence-electron chi connectivity index (χ3n) is 8.07. The lowest BCUT2D eigenvalue weighted by molar-refractivity contribution is 0.0695. The van der Waals surface area contributed by atoms with Crippen molar-refractivity contribution in [1.82, 2.24) is 24.8 Å². The number of ether oxygens (including phenoxy) is 1. The summed E-state index contributed by atoms with van der Waals surface area (Å²) < 4.78 is 9.83. The molecule has 0 amide bonds. The largest absolute Gasteiger partial charge is 0.490 e. The van der Waals surface area contributed by atoms with Crippen LogP contribution < -0.4 is 4.74 Å². The molecule has 2 aromatic heterocycles. The summed E-state index contributed by atoms with van der Waals surface area (Å²) in [6, 6.07) is 16.3. The molecule has 0 bridgehead atoms. The standard InChI is InChI=1S/C30H33N5O3/c1-19(20-8-4-3-5-9-20)38-24-13-7-11-22(15-24)21-10-6-12-23(14-21)35-29(27(17-31-35)30(36)37)26-16-25(26)28-18-34(2)33-32-28/h6-7,10-15,17-20,25-26H,3-5,8-9,16H2,1-2H3,(H,36,37)/t19?,25-,26+/m0/s1. The van der Waals surface area contributed by atoms with E-state index in [4.69, 9.17) is 4.74 Å². The number of rotatable bonds is 8. The van der Waals surface area contributed by atoms with Gasteiger partial charge in [0.05, 0.1) is 29.4 Å². The molecule has 0 radical (unpaired) electrons. The van der Waals surface area contributed by atoms with Crippen molar-refractivity contribution in [2.45, 2.75) is 63.4 Å². The highest BCUT2D eigenvalue weighted by Crippen LogP contribution is 2.55. The molecule has 2 saturated carbocycles. The van der Waals surface area contributed by atoms with Crippen molar-refractivity contribution < 1.29 is 14.6 Å². The fourth-order valence-corrected chi connectivity index (χ4v) is 5.93. The highest BCUT2D eigenvalue weighted by molar-refractivity contribution is 5.89. The van der Waals surface area contributed by atoms with Crippen molar-refractivity contribution >= 4 is 5.97 Å². The molecule has 8 heteroatoms. The fourth-order valence-electron chi connectivity index (χ4n) is 5.93. The Morgan fingerprint density at radius 1 is 1.05 bits per heavy atom. The number of carbonyl (C=O) groups is 1. The normalized spacial score (nSPS) is 20.3. The van der Waals surface area contributed by atoms with E-state index in [-0.39, 0.29) is 23.5 Å². The molecular formula is C30H33N5O3. The van der Waals surface area contributed by atoms with E-state index in [2.05, 4.69) is 46.6 Å². The first-order chi connectivity index (χ1) is 18.5. The molecule has 3 atom stereocenters. The molecule has 8 nitrogen and oxygen atoms in total. The molecule has 4 aromatic rings. The van der Waals surface area contributed by atoms with E-state index in [1.807, 2.05) is 37.5 Å². The van der Waals surface area contributed by atoms with Crippen molar-refractivity contribution in [2.24, 2.45) is 13.0 Å². The monoisotopic (exact) mass is 511 g/mol. The Kier molecular flexibility index (Phi) is 6.47.